The van der Waals surface area contributed by atoms with Crippen LogP contribution in [-0.4, -0.2) is 36.1 Å². The fourth-order valence-corrected chi connectivity index (χ4v) is 3.44. The van der Waals surface area contributed by atoms with E-state index in [0.29, 0.717) is 6.42 Å². The van der Waals surface area contributed by atoms with Crippen molar-refractivity contribution in [3.8, 4) is 5.75 Å². The largest absolute Gasteiger partial charge is 0.497 e. The number of anilines is 2. The number of amides is 1. The molecule has 4 rings (SSSR count). The first-order valence-corrected chi connectivity index (χ1v) is 9.15. The first kappa shape index (κ1) is 17.3. The van der Waals surface area contributed by atoms with Gasteiger partial charge in [-0.1, -0.05) is 12.1 Å². The van der Waals surface area contributed by atoms with E-state index >= 15 is 0 Å². The summed E-state index contributed by atoms with van der Waals surface area (Å²) in [4.78, 5) is 23.6. The molecule has 0 saturated carbocycles. The van der Waals surface area contributed by atoms with Gasteiger partial charge in [0.25, 0.3) is 0 Å². The lowest BCUT2D eigenvalue weighted by Crippen LogP contribution is -2.19. The van der Waals surface area contributed by atoms with E-state index < -0.39 is 0 Å². The zero-order valence-corrected chi connectivity index (χ0v) is 15.3. The van der Waals surface area contributed by atoms with Crippen molar-refractivity contribution in [1.82, 2.24) is 9.97 Å². The van der Waals surface area contributed by atoms with Gasteiger partial charge in [-0.05, 0) is 48.7 Å². The van der Waals surface area contributed by atoms with Crippen LogP contribution in [-0.2, 0) is 11.2 Å². The minimum absolute atomic E-state index is 0.0564. The molecule has 6 nitrogen and oxygen atoms in total. The van der Waals surface area contributed by atoms with Crippen molar-refractivity contribution in [3.63, 3.8) is 0 Å². The normalized spacial score (nSPS) is 13.7. The number of rotatable bonds is 5. The Balaban J connectivity index is 1.52. The van der Waals surface area contributed by atoms with Crippen molar-refractivity contribution in [1.29, 1.82) is 0 Å². The molecule has 1 aliphatic heterocycles. The van der Waals surface area contributed by atoms with Crippen LogP contribution in [0.3, 0.4) is 0 Å². The number of benzene rings is 2. The molecule has 1 fully saturated rings. The average molecular weight is 362 g/mol. The topological polar surface area (TPSA) is 67.3 Å². The van der Waals surface area contributed by atoms with E-state index in [1.807, 2.05) is 42.5 Å². The summed E-state index contributed by atoms with van der Waals surface area (Å²) < 4.78 is 5.15. The number of methoxy groups -OCH3 is 1. The predicted octanol–water partition coefficient (Wildman–Crippen LogP) is 3.42. The Morgan fingerprint density at radius 3 is 2.63 bits per heavy atom. The minimum atomic E-state index is -0.0564. The van der Waals surface area contributed by atoms with Crippen molar-refractivity contribution in [3.05, 3.63) is 54.4 Å². The standard InChI is InChI=1S/C21H22N4O2/c1-27-17-7-4-15(5-8-17)12-20(26)24-16-6-9-19-18(13-16)21(23-14-22-19)25-10-2-3-11-25/h4-9,13-14H,2-3,10-12H2,1H3,(H,24,26). The van der Waals surface area contributed by atoms with E-state index in [9.17, 15) is 4.79 Å². The summed E-state index contributed by atoms with van der Waals surface area (Å²) >= 11 is 0. The summed E-state index contributed by atoms with van der Waals surface area (Å²) in [6, 6.07) is 13.3. The summed E-state index contributed by atoms with van der Waals surface area (Å²) in [6.07, 6.45) is 4.29. The summed E-state index contributed by atoms with van der Waals surface area (Å²) in [5, 5.41) is 3.96. The van der Waals surface area contributed by atoms with Gasteiger partial charge in [0.1, 0.15) is 17.9 Å². The van der Waals surface area contributed by atoms with Gasteiger partial charge in [-0.15, -0.1) is 0 Å². The van der Waals surface area contributed by atoms with Crippen LogP contribution in [0.2, 0.25) is 0 Å². The van der Waals surface area contributed by atoms with Crippen LogP contribution in [0.15, 0.2) is 48.8 Å². The number of fused-ring (bicyclic) bond motifs is 1. The third kappa shape index (κ3) is 3.84. The molecule has 2 heterocycles. The number of carbonyl (C=O) groups is 1. The SMILES string of the molecule is COc1ccc(CC(=O)Nc2ccc3ncnc(N4CCCC4)c3c2)cc1. The highest BCUT2D eigenvalue weighted by Gasteiger charge is 2.17. The van der Waals surface area contributed by atoms with Crippen LogP contribution in [0.25, 0.3) is 10.9 Å². The summed E-state index contributed by atoms with van der Waals surface area (Å²) in [5.74, 6) is 1.67. The fraction of sp³-hybridized carbons (Fsp3) is 0.286. The molecule has 1 N–H and O–H groups in total. The lowest BCUT2D eigenvalue weighted by Gasteiger charge is -2.18. The molecule has 2 aromatic carbocycles. The van der Waals surface area contributed by atoms with Gasteiger partial charge < -0.3 is 15.0 Å². The molecular weight excluding hydrogens is 340 g/mol. The molecule has 0 atom stereocenters. The summed E-state index contributed by atoms with van der Waals surface area (Å²) in [6.45, 7) is 2.03. The number of hydrogen-bond donors (Lipinski definition) is 1. The van der Waals surface area contributed by atoms with Gasteiger partial charge in [0, 0.05) is 24.2 Å². The predicted molar refractivity (Wildman–Crippen MR) is 106 cm³/mol. The third-order valence-electron chi connectivity index (χ3n) is 4.83. The Bertz CT molecular complexity index is 950. The maximum absolute atomic E-state index is 12.4. The summed E-state index contributed by atoms with van der Waals surface area (Å²) in [5.41, 5.74) is 2.59. The van der Waals surface area contributed by atoms with Crippen molar-refractivity contribution in [2.75, 3.05) is 30.4 Å². The number of carbonyl (C=O) groups excluding carboxylic acids is 1. The number of nitrogens with zero attached hydrogens (tertiary/aromatic N) is 3. The average Bonchev–Trinajstić information content (AvgIpc) is 3.22. The second-order valence-corrected chi connectivity index (χ2v) is 6.70. The number of aromatic nitrogens is 2. The van der Waals surface area contributed by atoms with Crippen LogP contribution >= 0.6 is 0 Å². The van der Waals surface area contributed by atoms with Gasteiger partial charge in [-0.3, -0.25) is 4.79 Å². The second kappa shape index (κ2) is 7.61. The molecule has 1 aliphatic rings. The van der Waals surface area contributed by atoms with Crippen LogP contribution < -0.4 is 15.0 Å². The highest BCUT2D eigenvalue weighted by atomic mass is 16.5. The molecule has 0 aliphatic carbocycles. The van der Waals surface area contributed by atoms with Crippen LogP contribution in [0, 0.1) is 0 Å². The first-order valence-electron chi connectivity index (χ1n) is 9.15. The van der Waals surface area contributed by atoms with E-state index in [1.165, 1.54) is 12.8 Å². The fourth-order valence-electron chi connectivity index (χ4n) is 3.44. The van der Waals surface area contributed by atoms with Crippen LogP contribution in [0.5, 0.6) is 5.75 Å². The van der Waals surface area contributed by atoms with E-state index in [2.05, 4.69) is 20.2 Å². The lowest BCUT2D eigenvalue weighted by atomic mass is 10.1. The lowest BCUT2D eigenvalue weighted by molar-refractivity contribution is -0.115. The smallest absolute Gasteiger partial charge is 0.228 e. The monoisotopic (exact) mass is 362 g/mol. The Hall–Kier alpha value is -3.15. The number of nitrogens with one attached hydrogen (secondary N) is 1. The maximum Gasteiger partial charge on any atom is 0.228 e. The quantitative estimate of drug-likeness (QED) is 0.753. The van der Waals surface area contributed by atoms with Gasteiger partial charge in [-0.25, -0.2) is 9.97 Å². The molecule has 6 heteroatoms. The molecular formula is C21H22N4O2. The molecule has 1 aromatic heterocycles. The minimum Gasteiger partial charge on any atom is -0.497 e. The molecule has 138 valence electrons. The third-order valence-corrected chi connectivity index (χ3v) is 4.83. The highest BCUT2D eigenvalue weighted by Crippen LogP contribution is 2.28. The van der Waals surface area contributed by atoms with Crippen molar-refractivity contribution in [2.24, 2.45) is 0 Å². The van der Waals surface area contributed by atoms with Crippen molar-refractivity contribution < 1.29 is 9.53 Å². The van der Waals surface area contributed by atoms with E-state index in [1.54, 1.807) is 13.4 Å². The van der Waals surface area contributed by atoms with Gasteiger partial charge >= 0.3 is 0 Å². The van der Waals surface area contributed by atoms with E-state index in [4.69, 9.17) is 4.74 Å². The van der Waals surface area contributed by atoms with Crippen LogP contribution in [0.1, 0.15) is 18.4 Å². The zero-order chi connectivity index (χ0) is 18.6. The number of hydrogen-bond acceptors (Lipinski definition) is 5. The molecule has 0 spiro atoms. The summed E-state index contributed by atoms with van der Waals surface area (Å²) in [7, 11) is 1.63. The van der Waals surface area contributed by atoms with E-state index in [-0.39, 0.29) is 5.91 Å². The molecule has 0 unspecified atom stereocenters. The molecule has 3 aromatic rings. The molecule has 0 radical (unpaired) electrons. The molecule has 27 heavy (non-hydrogen) atoms. The Labute approximate surface area is 158 Å². The van der Waals surface area contributed by atoms with Gasteiger partial charge in [0.2, 0.25) is 5.91 Å². The Morgan fingerprint density at radius 1 is 1.11 bits per heavy atom. The van der Waals surface area contributed by atoms with Gasteiger partial charge in [-0.2, -0.15) is 0 Å². The van der Waals surface area contributed by atoms with Crippen molar-refractivity contribution in [2.45, 2.75) is 19.3 Å². The highest BCUT2D eigenvalue weighted by molar-refractivity contribution is 5.97. The van der Waals surface area contributed by atoms with Crippen LogP contribution in [0.4, 0.5) is 11.5 Å². The maximum atomic E-state index is 12.4. The van der Waals surface area contributed by atoms with Gasteiger partial charge in [0.05, 0.1) is 19.0 Å². The molecule has 1 saturated heterocycles. The molecule has 1 amide bonds. The number of ether oxygens (including phenoxy) is 1. The van der Waals surface area contributed by atoms with E-state index in [0.717, 1.165) is 46.8 Å². The second-order valence-electron chi connectivity index (χ2n) is 6.70. The van der Waals surface area contributed by atoms with Gasteiger partial charge in [0.15, 0.2) is 0 Å². The zero-order valence-electron chi connectivity index (χ0n) is 15.3. The Kier molecular flexibility index (Phi) is 4.87. The van der Waals surface area contributed by atoms with Crippen molar-refractivity contribution >= 4 is 28.3 Å². The molecule has 0 bridgehead atoms. The first-order chi connectivity index (χ1) is 13.2. The Morgan fingerprint density at radius 2 is 1.89 bits per heavy atom.